The third-order valence-electron chi connectivity index (χ3n) is 6.33. The number of fused-ring (bicyclic) bond motifs is 1. The average molecular weight is 471 g/mol. The molecule has 178 valence electrons. The minimum Gasteiger partial charge on any atom is -0.488 e. The van der Waals surface area contributed by atoms with Crippen LogP contribution in [0.4, 0.5) is 4.39 Å². The lowest BCUT2D eigenvalue weighted by atomic mass is 10.0. The van der Waals surface area contributed by atoms with Crippen molar-refractivity contribution in [2.45, 2.75) is 38.6 Å². The molecular weight excluding hydrogens is 441 g/mol. The number of halogens is 1. The first-order chi connectivity index (χ1) is 17.7. The van der Waals surface area contributed by atoms with E-state index in [1.54, 1.807) is 12.1 Å². The molecule has 34 heavy (non-hydrogen) atoms. The van der Waals surface area contributed by atoms with Gasteiger partial charge in [-0.05, 0) is 30.1 Å². The van der Waals surface area contributed by atoms with Crippen LogP contribution in [0.5, 0.6) is 5.75 Å². The smallest absolute Gasteiger partial charge is 0.255 e. The molecule has 3 amide bonds. The molecule has 8 nitrogen and oxygen atoms in total. The number of hydrogen-bond acceptors (Lipinski definition) is 6. The summed E-state index contributed by atoms with van der Waals surface area (Å²) in [5.74, 6) is -2.22. The molecular formula is C25H26FN3O5. The SMILES string of the molecule is [2H]c1c([2H])c(OCc2ccc(CN3CCOCC3)cc2F)c2c(c1[2H])C(=O)N([C@@H]1CCC(=O)NC1=O)C2. The summed E-state index contributed by atoms with van der Waals surface area (Å²) in [7, 11) is 0. The van der Waals surface area contributed by atoms with E-state index < -0.39 is 41.7 Å². The number of carbonyl (C=O) groups excluding carboxylic acids is 3. The summed E-state index contributed by atoms with van der Waals surface area (Å²) < 4.78 is 50.8. The molecule has 2 aromatic carbocycles. The van der Waals surface area contributed by atoms with E-state index in [2.05, 4.69) is 10.2 Å². The fraction of sp³-hybridized carbons (Fsp3) is 0.400. The zero-order valence-electron chi connectivity index (χ0n) is 21.5. The molecule has 2 fully saturated rings. The maximum absolute atomic E-state index is 14.9. The third-order valence-corrected chi connectivity index (χ3v) is 6.33. The molecule has 0 saturated carbocycles. The summed E-state index contributed by atoms with van der Waals surface area (Å²) >= 11 is 0. The Balaban J connectivity index is 1.36. The van der Waals surface area contributed by atoms with Gasteiger partial charge in [0.1, 0.15) is 24.2 Å². The monoisotopic (exact) mass is 470 g/mol. The first-order valence-corrected chi connectivity index (χ1v) is 11.2. The Morgan fingerprint density at radius 3 is 2.79 bits per heavy atom. The number of nitrogens with one attached hydrogen (secondary N) is 1. The Labute approximate surface area is 200 Å². The molecule has 1 atom stereocenters. The predicted octanol–water partition coefficient (Wildman–Crippen LogP) is 2.00. The van der Waals surface area contributed by atoms with Gasteiger partial charge in [-0.2, -0.15) is 0 Å². The van der Waals surface area contributed by atoms with Crippen LogP contribution >= 0.6 is 0 Å². The van der Waals surface area contributed by atoms with Crippen LogP contribution in [-0.2, 0) is 34.0 Å². The minimum atomic E-state index is -0.912. The van der Waals surface area contributed by atoms with Crippen molar-refractivity contribution in [1.82, 2.24) is 15.1 Å². The van der Waals surface area contributed by atoms with Gasteiger partial charge in [0.25, 0.3) is 5.91 Å². The van der Waals surface area contributed by atoms with Crippen molar-refractivity contribution in [3.05, 3.63) is 64.4 Å². The van der Waals surface area contributed by atoms with Gasteiger partial charge in [0.2, 0.25) is 11.8 Å². The second kappa shape index (κ2) is 9.52. The van der Waals surface area contributed by atoms with E-state index in [0.29, 0.717) is 19.8 Å². The molecule has 1 N–H and O–H groups in total. The standard InChI is InChI=1S/C25H26FN3O5/c26-20-12-16(13-28-8-10-33-11-9-28)4-5-17(20)15-34-22-3-1-2-18-19(22)14-29(25(18)32)21-6-7-23(30)27-24(21)31/h1-5,12,21H,6-11,13-15H2,(H,27,30,31)/t21-/m1/s1/i1D,2D,3D. The molecule has 2 saturated heterocycles. The van der Waals surface area contributed by atoms with Gasteiger partial charge in [-0.15, -0.1) is 0 Å². The summed E-state index contributed by atoms with van der Waals surface area (Å²) in [6, 6.07) is 2.64. The molecule has 3 aliphatic heterocycles. The fourth-order valence-corrected chi connectivity index (χ4v) is 4.46. The molecule has 5 rings (SSSR count). The van der Waals surface area contributed by atoms with Crippen molar-refractivity contribution < 1.29 is 32.4 Å². The van der Waals surface area contributed by atoms with Crippen LogP contribution in [0.25, 0.3) is 0 Å². The van der Waals surface area contributed by atoms with Crippen molar-refractivity contribution in [3.63, 3.8) is 0 Å². The quantitative estimate of drug-likeness (QED) is 0.650. The van der Waals surface area contributed by atoms with Gasteiger partial charge in [0.05, 0.1) is 23.9 Å². The Bertz CT molecular complexity index is 1280. The van der Waals surface area contributed by atoms with Crippen molar-refractivity contribution in [2.24, 2.45) is 0 Å². The highest BCUT2D eigenvalue weighted by atomic mass is 19.1. The summed E-state index contributed by atoms with van der Waals surface area (Å²) in [4.78, 5) is 40.5. The molecule has 0 radical (unpaired) electrons. The highest BCUT2D eigenvalue weighted by Gasteiger charge is 2.40. The molecule has 2 aromatic rings. The average Bonchev–Trinajstić information content (AvgIpc) is 3.21. The number of morpholine rings is 1. The van der Waals surface area contributed by atoms with Crippen LogP contribution in [0.1, 0.15) is 44.0 Å². The number of benzene rings is 2. The number of hydrogen-bond donors (Lipinski definition) is 1. The Morgan fingerprint density at radius 1 is 1.21 bits per heavy atom. The van der Waals surface area contributed by atoms with E-state index in [4.69, 9.17) is 13.6 Å². The number of piperidine rings is 1. The van der Waals surface area contributed by atoms with Crippen molar-refractivity contribution >= 4 is 17.7 Å². The van der Waals surface area contributed by atoms with E-state index in [0.717, 1.165) is 18.7 Å². The van der Waals surface area contributed by atoms with Crippen LogP contribution < -0.4 is 10.1 Å². The molecule has 0 unspecified atom stereocenters. The maximum atomic E-state index is 14.9. The normalized spacial score (nSPS) is 22.1. The lowest BCUT2D eigenvalue weighted by molar-refractivity contribution is -0.136. The number of ether oxygens (including phenoxy) is 2. The Kier molecular flexibility index (Phi) is 5.33. The minimum absolute atomic E-state index is 0.0713. The second-order valence-corrected chi connectivity index (χ2v) is 8.56. The molecule has 0 spiro atoms. The topological polar surface area (TPSA) is 88.2 Å². The number of nitrogens with zero attached hydrogens (tertiary/aromatic N) is 2. The van der Waals surface area contributed by atoms with E-state index in [1.165, 1.54) is 11.0 Å². The lowest BCUT2D eigenvalue weighted by Crippen LogP contribution is -2.52. The first-order valence-electron chi connectivity index (χ1n) is 12.7. The van der Waals surface area contributed by atoms with Gasteiger partial charge in [0.15, 0.2) is 0 Å². The first kappa shape index (κ1) is 19.1. The zero-order chi connectivity index (χ0) is 26.3. The summed E-state index contributed by atoms with van der Waals surface area (Å²) in [6.45, 7) is 3.08. The molecule has 3 aliphatic rings. The number of rotatable bonds is 6. The van der Waals surface area contributed by atoms with Gasteiger partial charge >= 0.3 is 0 Å². The fourth-order valence-electron chi connectivity index (χ4n) is 4.46. The molecule has 3 heterocycles. The van der Waals surface area contributed by atoms with E-state index in [1.807, 2.05) is 0 Å². The van der Waals surface area contributed by atoms with Crippen molar-refractivity contribution in [1.29, 1.82) is 0 Å². The molecule has 0 aromatic heterocycles. The number of imide groups is 1. The van der Waals surface area contributed by atoms with E-state index in [9.17, 15) is 18.8 Å². The number of amides is 3. The predicted molar refractivity (Wildman–Crippen MR) is 119 cm³/mol. The lowest BCUT2D eigenvalue weighted by Gasteiger charge is -2.29. The van der Waals surface area contributed by atoms with Gasteiger partial charge in [-0.1, -0.05) is 18.2 Å². The molecule has 0 aliphatic carbocycles. The highest BCUT2D eigenvalue weighted by Crippen LogP contribution is 2.34. The van der Waals surface area contributed by atoms with Gasteiger partial charge < -0.3 is 14.4 Å². The van der Waals surface area contributed by atoms with E-state index >= 15 is 0 Å². The van der Waals surface area contributed by atoms with Crippen LogP contribution in [0, 0.1) is 5.82 Å². The van der Waals surface area contributed by atoms with E-state index in [-0.39, 0.29) is 54.5 Å². The number of carbonyl (C=O) groups is 3. The van der Waals surface area contributed by atoms with Gasteiger partial charge in [0, 0.05) is 42.7 Å². The second-order valence-electron chi connectivity index (χ2n) is 8.56. The van der Waals surface area contributed by atoms with Crippen LogP contribution in [0.2, 0.25) is 0 Å². The van der Waals surface area contributed by atoms with Crippen LogP contribution in [0.3, 0.4) is 0 Å². The van der Waals surface area contributed by atoms with Crippen LogP contribution in [0.15, 0.2) is 36.3 Å². The summed E-state index contributed by atoms with van der Waals surface area (Å²) in [6.07, 6.45) is 0.208. The van der Waals surface area contributed by atoms with Gasteiger partial charge in [-0.25, -0.2) is 4.39 Å². The molecule has 9 heteroatoms. The van der Waals surface area contributed by atoms with Gasteiger partial charge in [-0.3, -0.25) is 24.6 Å². The maximum Gasteiger partial charge on any atom is 0.255 e. The highest BCUT2D eigenvalue weighted by molar-refractivity contribution is 6.05. The summed E-state index contributed by atoms with van der Waals surface area (Å²) in [5, 5.41) is 2.21. The zero-order valence-corrected chi connectivity index (χ0v) is 18.5. The largest absolute Gasteiger partial charge is 0.488 e. The van der Waals surface area contributed by atoms with Crippen molar-refractivity contribution in [2.75, 3.05) is 26.3 Å². The Hall–Kier alpha value is -3.30. The third kappa shape index (κ3) is 4.53. The molecule has 0 bridgehead atoms. The van der Waals surface area contributed by atoms with Crippen molar-refractivity contribution in [3.8, 4) is 5.75 Å². The summed E-state index contributed by atoms with van der Waals surface area (Å²) in [5.41, 5.74) is 1.15. The van der Waals surface area contributed by atoms with Crippen LogP contribution in [-0.4, -0.2) is 59.9 Å². The Morgan fingerprint density at radius 2 is 2.03 bits per heavy atom.